The molecule has 0 amide bonds. The van der Waals surface area contributed by atoms with Crippen LogP contribution in [0.2, 0.25) is 0 Å². The van der Waals surface area contributed by atoms with Crippen LogP contribution in [0, 0.1) is 0 Å². The zero-order valence-electron chi connectivity index (χ0n) is 5.47. The molecule has 1 fully saturated rings. The van der Waals surface area contributed by atoms with Crippen molar-refractivity contribution in [2.45, 2.75) is 12.5 Å². The largest absolute Gasteiger partial charge is 0.395 e. The second-order valence-corrected chi connectivity index (χ2v) is 2.23. The van der Waals surface area contributed by atoms with E-state index in [2.05, 4.69) is 5.32 Å². The summed E-state index contributed by atoms with van der Waals surface area (Å²) >= 11 is 0. The van der Waals surface area contributed by atoms with Crippen molar-refractivity contribution in [3.8, 4) is 0 Å². The highest BCUT2D eigenvalue weighted by Gasteiger charge is 2.08. The van der Waals surface area contributed by atoms with Crippen LogP contribution in [-0.4, -0.2) is 37.5 Å². The Labute approximate surface area is 55.0 Å². The van der Waals surface area contributed by atoms with Gasteiger partial charge in [0.15, 0.2) is 0 Å². The van der Waals surface area contributed by atoms with Crippen LogP contribution in [0.25, 0.3) is 0 Å². The van der Waals surface area contributed by atoms with Gasteiger partial charge in [0, 0.05) is 19.2 Å². The molecule has 3 heteroatoms. The van der Waals surface area contributed by atoms with E-state index >= 15 is 0 Å². The Balaban J connectivity index is 2.18. The second kappa shape index (κ2) is 3.82. The van der Waals surface area contributed by atoms with E-state index in [9.17, 15) is 0 Å². The van der Waals surface area contributed by atoms with Gasteiger partial charge in [0.2, 0.25) is 0 Å². The van der Waals surface area contributed by atoms with Gasteiger partial charge in [0.05, 0.1) is 13.2 Å². The molecule has 9 heavy (non-hydrogen) atoms. The summed E-state index contributed by atoms with van der Waals surface area (Å²) in [6.07, 6.45) is 0.927. The third-order valence-electron chi connectivity index (χ3n) is 1.51. The normalized spacial score (nSPS) is 29.7. The average Bonchev–Trinajstić information content (AvgIpc) is 2.13. The number of aliphatic hydroxyl groups is 1. The third-order valence-corrected chi connectivity index (χ3v) is 1.51. The average molecular weight is 131 g/mol. The molecule has 1 unspecified atom stereocenters. The first kappa shape index (κ1) is 6.99. The minimum atomic E-state index is 0.226. The van der Waals surface area contributed by atoms with Gasteiger partial charge in [-0.1, -0.05) is 0 Å². The predicted octanol–water partition coefficient (Wildman–Crippen LogP) is -0.643. The van der Waals surface area contributed by atoms with Crippen molar-refractivity contribution in [2.75, 3.05) is 26.4 Å². The summed E-state index contributed by atoms with van der Waals surface area (Å²) < 4.78 is 5.15. The van der Waals surface area contributed by atoms with E-state index in [0.717, 1.165) is 26.2 Å². The molecule has 1 aliphatic rings. The maximum atomic E-state index is 8.70. The van der Waals surface area contributed by atoms with Crippen LogP contribution in [0.15, 0.2) is 0 Å². The first-order chi connectivity index (χ1) is 4.43. The van der Waals surface area contributed by atoms with Crippen LogP contribution in [0.5, 0.6) is 0 Å². The number of hydrogen-bond acceptors (Lipinski definition) is 3. The van der Waals surface area contributed by atoms with Crippen LogP contribution < -0.4 is 5.32 Å². The Hall–Kier alpha value is -0.120. The molecule has 0 aromatic rings. The van der Waals surface area contributed by atoms with Gasteiger partial charge >= 0.3 is 0 Å². The van der Waals surface area contributed by atoms with Crippen LogP contribution in [0.4, 0.5) is 0 Å². The molecule has 3 nitrogen and oxygen atoms in total. The first-order valence-electron chi connectivity index (χ1n) is 3.35. The fourth-order valence-electron chi connectivity index (χ4n) is 0.921. The van der Waals surface area contributed by atoms with E-state index in [1.165, 1.54) is 0 Å². The predicted molar refractivity (Wildman–Crippen MR) is 34.3 cm³/mol. The maximum Gasteiger partial charge on any atom is 0.0591 e. The fraction of sp³-hybridized carbons (Fsp3) is 1.00. The Morgan fingerprint density at radius 1 is 1.56 bits per heavy atom. The molecule has 0 saturated carbocycles. The molecule has 0 aromatic heterocycles. The van der Waals surface area contributed by atoms with Crippen molar-refractivity contribution >= 4 is 0 Å². The van der Waals surface area contributed by atoms with E-state index < -0.39 is 0 Å². The zero-order chi connectivity index (χ0) is 6.53. The first-order valence-corrected chi connectivity index (χ1v) is 3.35. The molecule has 1 rings (SSSR count). The molecule has 0 aromatic carbocycles. The highest BCUT2D eigenvalue weighted by Crippen LogP contribution is 1.95. The molecule has 2 N–H and O–H groups in total. The van der Waals surface area contributed by atoms with Gasteiger partial charge in [-0.25, -0.2) is 0 Å². The Bertz CT molecular complexity index is 69.5. The summed E-state index contributed by atoms with van der Waals surface area (Å²) in [6, 6.07) is 0.257. The molecular formula is C6H13NO2. The second-order valence-electron chi connectivity index (χ2n) is 2.23. The molecule has 0 radical (unpaired) electrons. The summed E-state index contributed by atoms with van der Waals surface area (Å²) in [5.74, 6) is 0. The third kappa shape index (κ3) is 2.30. The lowest BCUT2D eigenvalue weighted by molar-refractivity contribution is 0.146. The van der Waals surface area contributed by atoms with Gasteiger partial charge < -0.3 is 15.2 Å². The van der Waals surface area contributed by atoms with Crippen LogP contribution in [-0.2, 0) is 4.74 Å². The number of hydrogen-bond donors (Lipinski definition) is 2. The van der Waals surface area contributed by atoms with E-state index in [0.29, 0.717) is 0 Å². The van der Waals surface area contributed by atoms with E-state index in [4.69, 9.17) is 9.84 Å². The molecule has 1 heterocycles. The summed E-state index contributed by atoms with van der Waals surface area (Å²) in [5.41, 5.74) is 0. The molecule has 0 aliphatic carbocycles. The maximum absolute atomic E-state index is 8.70. The van der Waals surface area contributed by atoms with Crippen LogP contribution >= 0.6 is 0 Å². The van der Waals surface area contributed by atoms with Gasteiger partial charge in [-0.2, -0.15) is 0 Å². The van der Waals surface area contributed by atoms with Crippen molar-refractivity contribution in [1.29, 1.82) is 0 Å². The van der Waals surface area contributed by atoms with Crippen LogP contribution in [0.3, 0.4) is 0 Å². The number of aliphatic hydroxyl groups excluding tert-OH is 1. The quantitative estimate of drug-likeness (QED) is 0.497. The summed E-state index contributed by atoms with van der Waals surface area (Å²) in [4.78, 5) is 0. The minimum Gasteiger partial charge on any atom is -0.395 e. The van der Waals surface area contributed by atoms with Gasteiger partial charge in [-0.05, 0) is 6.42 Å². The SMILES string of the molecule is OCC1CCOCCN1. The molecule has 0 spiro atoms. The minimum absolute atomic E-state index is 0.226. The lowest BCUT2D eigenvalue weighted by Gasteiger charge is -2.09. The van der Waals surface area contributed by atoms with Gasteiger partial charge in [-0.3, -0.25) is 0 Å². The fourth-order valence-corrected chi connectivity index (χ4v) is 0.921. The molecule has 1 atom stereocenters. The van der Waals surface area contributed by atoms with Gasteiger partial charge in [0.25, 0.3) is 0 Å². The Morgan fingerprint density at radius 2 is 2.44 bits per heavy atom. The summed E-state index contributed by atoms with van der Waals surface area (Å²) in [7, 11) is 0. The van der Waals surface area contributed by atoms with Crippen molar-refractivity contribution in [3.05, 3.63) is 0 Å². The summed E-state index contributed by atoms with van der Waals surface area (Å²) in [5, 5.41) is 11.9. The molecule has 1 saturated heterocycles. The molecule has 0 bridgehead atoms. The lowest BCUT2D eigenvalue weighted by atomic mass is 10.2. The van der Waals surface area contributed by atoms with Gasteiger partial charge in [0.1, 0.15) is 0 Å². The standard InChI is InChI=1S/C6H13NO2/c8-5-6-1-3-9-4-2-7-6/h6-8H,1-5H2. The highest BCUT2D eigenvalue weighted by atomic mass is 16.5. The van der Waals surface area contributed by atoms with Gasteiger partial charge in [-0.15, -0.1) is 0 Å². The van der Waals surface area contributed by atoms with E-state index in [1.54, 1.807) is 0 Å². The number of ether oxygens (including phenoxy) is 1. The summed E-state index contributed by atoms with van der Waals surface area (Å²) in [6.45, 7) is 2.64. The van der Waals surface area contributed by atoms with Crippen LogP contribution in [0.1, 0.15) is 6.42 Å². The molecule has 1 aliphatic heterocycles. The lowest BCUT2D eigenvalue weighted by Crippen LogP contribution is -2.32. The van der Waals surface area contributed by atoms with Crippen molar-refractivity contribution in [1.82, 2.24) is 5.32 Å². The Morgan fingerprint density at radius 3 is 3.22 bits per heavy atom. The van der Waals surface area contributed by atoms with E-state index in [1.807, 2.05) is 0 Å². The topological polar surface area (TPSA) is 41.5 Å². The molecular weight excluding hydrogens is 118 g/mol. The van der Waals surface area contributed by atoms with E-state index in [-0.39, 0.29) is 12.6 Å². The number of nitrogens with one attached hydrogen (secondary N) is 1. The van der Waals surface area contributed by atoms with Crippen molar-refractivity contribution < 1.29 is 9.84 Å². The zero-order valence-corrected chi connectivity index (χ0v) is 5.47. The Kier molecular flexibility index (Phi) is 2.97. The number of rotatable bonds is 1. The smallest absolute Gasteiger partial charge is 0.0591 e. The van der Waals surface area contributed by atoms with Crippen molar-refractivity contribution in [2.24, 2.45) is 0 Å². The monoisotopic (exact) mass is 131 g/mol. The van der Waals surface area contributed by atoms with Crippen molar-refractivity contribution in [3.63, 3.8) is 0 Å². The molecule has 54 valence electrons. The highest BCUT2D eigenvalue weighted by molar-refractivity contribution is 4.66.